The first-order valence-corrected chi connectivity index (χ1v) is 7.26. The molecule has 6 heteroatoms. The van der Waals surface area contributed by atoms with Gasteiger partial charge in [0.2, 0.25) is 11.7 Å². The normalized spacial score (nSPS) is 14.8. The molecule has 2 heterocycles. The summed E-state index contributed by atoms with van der Waals surface area (Å²) >= 11 is 3.19. The van der Waals surface area contributed by atoms with Crippen LogP contribution in [0.5, 0.6) is 0 Å². The van der Waals surface area contributed by atoms with Gasteiger partial charge in [0.25, 0.3) is 0 Å². The number of thiophene rings is 1. The van der Waals surface area contributed by atoms with E-state index in [1.54, 1.807) is 30.0 Å². The second-order valence-corrected chi connectivity index (χ2v) is 6.06. The minimum Gasteiger partial charge on any atom is -0.392 e. The van der Waals surface area contributed by atoms with Crippen molar-refractivity contribution in [3.63, 3.8) is 0 Å². The Morgan fingerprint density at radius 2 is 2.35 bits per heavy atom. The molecular weight excluding hydrogens is 256 g/mol. The molecule has 0 spiro atoms. The van der Waals surface area contributed by atoms with E-state index in [1.807, 2.05) is 24.4 Å². The largest absolute Gasteiger partial charge is 0.392 e. The maximum Gasteiger partial charge on any atom is 0.236 e. The molecule has 0 saturated carbocycles. The lowest BCUT2D eigenvalue weighted by Gasteiger charge is -2.11. The number of rotatable bonds is 5. The molecule has 4 nitrogen and oxygen atoms in total. The smallest absolute Gasteiger partial charge is 0.236 e. The van der Waals surface area contributed by atoms with Gasteiger partial charge in [-0.25, -0.2) is 0 Å². The van der Waals surface area contributed by atoms with Crippen LogP contribution in [0.4, 0.5) is 0 Å². The van der Waals surface area contributed by atoms with Gasteiger partial charge >= 0.3 is 0 Å². The Labute approximate surface area is 108 Å². The zero-order valence-electron chi connectivity index (χ0n) is 9.66. The molecule has 0 aliphatic heterocycles. The van der Waals surface area contributed by atoms with Gasteiger partial charge in [0.05, 0.1) is 16.7 Å². The molecule has 17 heavy (non-hydrogen) atoms. The third-order valence-electron chi connectivity index (χ3n) is 2.36. The van der Waals surface area contributed by atoms with Crippen molar-refractivity contribution < 1.29 is 9.63 Å². The molecule has 0 saturated heterocycles. The molecule has 0 bridgehead atoms. The standard InChI is InChI=1S/C11H14N2O2S2/c1-7(14)8(2)17-6-10-12-11(13-15-10)9-4-3-5-16-9/h3-5,7-8,14H,6H2,1-2H3/t7-,8-/m0/s1. The van der Waals surface area contributed by atoms with Gasteiger partial charge in [-0.15, -0.1) is 23.1 Å². The Kier molecular flexibility index (Phi) is 4.20. The van der Waals surface area contributed by atoms with Gasteiger partial charge in [-0.2, -0.15) is 4.98 Å². The molecule has 92 valence electrons. The van der Waals surface area contributed by atoms with E-state index in [0.29, 0.717) is 17.5 Å². The molecule has 0 fully saturated rings. The Morgan fingerprint density at radius 3 is 3.00 bits per heavy atom. The minimum atomic E-state index is -0.334. The zero-order chi connectivity index (χ0) is 12.3. The van der Waals surface area contributed by atoms with E-state index in [0.717, 1.165) is 4.88 Å². The van der Waals surface area contributed by atoms with E-state index >= 15 is 0 Å². The third kappa shape index (κ3) is 3.31. The number of hydrogen-bond acceptors (Lipinski definition) is 6. The maximum atomic E-state index is 9.37. The van der Waals surface area contributed by atoms with Crippen molar-refractivity contribution in [1.29, 1.82) is 0 Å². The first-order valence-electron chi connectivity index (χ1n) is 5.33. The highest BCUT2D eigenvalue weighted by atomic mass is 32.2. The van der Waals surface area contributed by atoms with Crippen molar-refractivity contribution in [2.24, 2.45) is 0 Å². The molecule has 1 N–H and O–H groups in total. The SMILES string of the molecule is C[C@H](O)[C@H](C)SCc1nc(-c2cccs2)no1. The molecule has 2 aromatic rings. The number of nitrogens with zero attached hydrogens (tertiary/aromatic N) is 2. The fourth-order valence-electron chi connectivity index (χ4n) is 1.16. The quantitative estimate of drug-likeness (QED) is 0.905. The Bertz CT molecular complexity index is 454. The van der Waals surface area contributed by atoms with Crippen LogP contribution in [0.25, 0.3) is 10.7 Å². The van der Waals surface area contributed by atoms with Crippen LogP contribution in [0.3, 0.4) is 0 Å². The van der Waals surface area contributed by atoms with Crippen LogP contribution < -0.4 is 0 Å². The molecule has 0 aliphatic carbocycles. The monoisotopic (exact) mass is 270 g/mol. The van der Waals surface area contributed by atoms with Gasteiger partial charge in [0.15, 0.2) is 0 Å². The van der Waals surface area contributed by atoms with E-state index < -0.39 is 0 Å². The summed E-state index contributed by atoms with van der Waals surface area (Å²) in [5, 5.41) is 15.4. The number of aliphatic hydroxyl groups excluding tert-OH is 1. The Hall–Kier alpha value is -0.850. The van der Waals surface area contributed by atoms with Gasteiger partial charge in [-0.3, -0.25) is 0 Å². The van der Waals surface area contributed by atoms with E-state index in [4.69, 9.17) is 4.52 Å². The molecular formula is C11H14N2O2S2. The predicted octanol–water partition coefficient (Wildman–Crippen LogP) is 2.80. The van der Waals surface area contributed by atoms with Crippen LogP contribution in [-0.4, -0.2) is 26.6 Å². The van der Waals surface area contributed by atoms with Crippen molar-refractivity contribution in [2.45, 2.75) is 31.0 Å². The molecule has 0 radical (unpaired) electrons. The lowest BCUT2D eigenvalue weighted by Crippen LogP contribution is -2.15. The summed E-state index contributed by atoms with van der Waals surface area (Å²) in [5.74, 6) is 1.87. The minimum absolute atomic E-state index is 0.159. The second kappa shape index (κ2) is 5.66. The van der Waals surface area contributed by atoms with Crippen LogP contribution in [0.15, 0.2) is 22.0 Å². The lowest BCUT2D eigenvalue weighted by molar-refractivity contribution is 0.196. The van der Waals surface area contributed by atoms with E-state index in [1.165, 1.54) is 0 Å². The fourth-order valence-corrected chi connectivity index (χ4v) is 2.61. The van der Waals surface area contributed by atoms with Crippen LogP contribution in [0.2, 0.25) is 0 Å². The zero-order valence-corrected chi connectivity index (χ0v) is 11.3. The summed E-state index contributed by atoms with van der Waals surface area (Å²) in [6, 6.07) is 3.92. The molecule has 2 atom stereocenters. The molecule has 0 aliphatic rings. The van der Waals surface area contributed by atoms with Crippen molar-refractivity contribution >= 4 is 23.1 Å². The lowest BCUT2D eigenvalue weighted by atomic mass is 10.3. The van der Waals surface area contributed by atoms with Crippen LogP contribution in [0.1, 0.15) is 19.7 Å². The Morgan fingerprint density at radius 1 is 1.53 bits per heavy atom. The number of thioether (sulfide) groups is 1. The van der Waals surface area contributed by atoms with Gasteiger partial charge < -0.3 is 9.63 Å². The van der Waals surface area contributed by atoms with Gasteiger partial charge in [-0.05, 0) is 18.4 Å². The van der Waals surface area contributed by atoms with Crippen molar-refractivity contribution in [1.82, 2.24) is 10.1 Å². The summed E-state index contributed by atoms with van der Waals surface area (Å²) in [5.41, 5.74) is 0. The summed E-state index contributed by atoms with van der Waals surface area (Å²) in [6.45, 7) is 3.76. The van der Waals surface area contributed by atoms with Gasteiger partial charge in [-0.1, -0.05) is 18.1 Å². The number of aliphatic hydroxyl groups is 1. The van der Waals surface area contributed by atoms with Crippen molar-refractivity contribution in [3.8, 4) is 10.7 Å². The van der Waals surface area contributed by atoms with Crippen LogP contribution in [0, 0.1) is 0 Å². The maximum absolute atomic E-state index is 9.37. The number of aromatic nitrogens is 2. The second-order valence-electron chi connectivity index (χ2n) is 3.75. The van der Waals surface area contributed by atoms with E-state index in [2.05, 4.69) is 10.1 Å². The molecule has 2 aromatic heterocycles. The molecule has 0 amide bonds. The van der Waals surface area contributed by atoms with E-state index in [9.17, 15) is 5.11 Å². The highest BCUT2D eigenvalue weighted by Gasteiger charge is 2.13. The molecule has 0 unspecified atom stereocenters. The highest BCUT2D eigenvalue weighted by Crippen LogP contribution is 2.24. The summed E-state index contributed by atoms with van der Waals surface area (Å²) < 4.78 is 5.16. The van der Waals surface area contributed by atoms with Crippen LogP contribution in [-0.2, 0) is 5.75 Å². The fraction of sp³-hybridized carbons (Fsp3) is 0.455. The average molecular weight is 270 g/mol. The summed E-state index contributed by atoms with van der Waals surface area (Å²) in [6.07, 6.45) is -0.334. The predicted molar refractivity (Wildman–Crippen MR) is 70.0 cm³/mol. The molecule has 0 aromatic carbocycles. The Balaban J connectivity index is 1.95. The third-order valence-corrected chi connectivity index (χ3v) is 4.56. The summed E-state index contributed by atoms with van der Waals surface area (Å²) in [4.78, 5) is 5.32. The molecule has 2 rings (SSSR count). The van der Waals surface area contributed by atoms with Gasteiger partial charge in [0, 0.05) is 5.25 Å². The van der Waals surface area contributed by atoms with Crippen molar-refractivity contribution in [3.05, 3.63) is 23.4 Å². The van der Waals surface area contributed by atoms with Crippen molar-refractivity contribution in [2.75, 3.05) is 0 Å². The average Bonchev–Trinajstić information content (AvgIpc) is 2.95. The highest BCUT2D eigenvalue weighted by molar-refractivity contribution is 7.99. The van der Waals surface area contributed by atoms with Crippen LogP contribution >= 0.6 is 23.1 Å². The first kappa shape index (κ1) is 12.6. The number of hydrogen-bond donors (Lipinski definition) is 1. The van der Waals surface area contributed by atoms with E-state index in [-0.39, 0.29) is 11.4 Å². The first-order chi connectivity index (χ1) is 8.16. The summed E-state index contributed by atoms with van der Waals surface area (Å²) in [7, 11) is 0. The van der Waals surface area contributed by atoms with Gasteiger partial charge in [0.1, 0.15) is 0 Å². The topological polar surface area (TPSA) is 59.2 Å².